The van der Waals surface area contributed by atoms with E-state index < -0.39 is 0 Å². The first kappa shape index (κ1) is 16.2. The Hall–Kier alpha value is -2.88. The number of hydrogen-bond acceptors (Lipinski definition) is 0. The van der Waals surface area contributed by atoms with Crippen LogP contribution in [0.4, 0.5) is 0 Å². The molecule has 0 aromatic heterocycles. The van der Waals surface area contributed by atoms with E-state index in [-0.39, 0.29) is 0 Å². The first-order valence-corrected chi connectivity index (χ1v) is 6.58. The molecule has 0 radical (unpaired) electrons. The highest BCUT2D eigenvalue weighted by atomic mass is 14.0. The third-order valence-electron chi connectivity index (χ3n) is 2.80. The topological polar surface area (TPSA) is 0 Å². The van der Waals surface area contributed by atoms with Crippen LogP contribution in [0.2, 0.25) is 0 Å². The highest BCUT2D eigenvalue weighted by molar-refractivity contribution is 5.49. The van der Waals surface area contributed by atoms with Crippen molar-refractivity contribution in [2.24, 2.45) is 0 Å². The maximum absolute atomic E-state index is 5.21. The Balaban J connectivity index is 0.000000219. The van der Waals surface area contributed by atoms with Gasteiger partial charge in [0.1, 0.15) is 0 Å². The summed E-state index contributed by atoms with van der Waals surface area (Å²) in [7, 11) is 0. The lowest BCUT2D eigenvalue weighted by Crippen LogP contribution is -1.82. The number of aryl methyl sites for hydroxylation is 3. The molecule has 0 atom stereocenters. The number of rotatable bonds is 0. The van der Waals surface area contributed by atoms with Crippen LogP contribution in [0.3, 0.4) is 0 Å². The summed E-state index contributed by atoms with van der Waals surface area (Å²) < 4.78 is 0. The standard InChI is InChI=1S/C12H6.C9H12/c1-4-10-7-11(5-2)9-12(6-3)8-10;1-7-4-8(2)6-9(3)5-7/h1-3,7-9H;4-6H,1-3H3. The fourth-order valence-electron chi connectivity index (χ4n) is 2.08. The molecule has 0 nitrogen and oxygen atoms in total. The van der Waals surface area contributed by atoms with E-state index in [9.17, 15) is 0 Å². The fourth-order valence-corrected chi connectivity index (χ4v) is 2.08. The van der Waals surface area contributed by atoms with Gasteiger partial charge in [-0.25, -0.2) is 0 Å². The Bertz CT molecular complexity index is 627. The van der Waals surface area contributed by atoms with Crippen LogP contribution in [0.15, 0.2) is 36.4 Å². The molecule has 0 heteroatoms. The monoisotopic (exact) mass is 270 g/mol. The van der Waals surface area contributed by atoms with Crippen molar-refractivity contribution in [1.82, 2.24) is 0 Å². The minimum atomic E-state index is 0.721. The molecule has 0 N–H and O–H groups in total. The van der Waals surface area contributed by atoms with Gasteiger partial charge >= 0.3 is 0 Å². The molecule has 0 saturated heterocycles. The van der Waals surface area contributed by atoms with Crippen LogP contribution in [0, 0.1) is 57.8 Å². The molecule has 0 aliphatic carbocycles. The predicted molar refractivity (Wildman–Crippen MR) is 90.9 cm³/mol. The molecular formula is C21H18. The first-order chi connectivity index (χ1) is 9.98. The Kier molecular flexibility index (Phi) is 5.89. The molecule has 0 aliphatic rings. The van der Waals surface area contributed by atoms with Crippen molar-refractivity contribution >= 4 is 0 Å². The van der Waals surface area contributed by atoms with Gasteiger partial charge in [0, 0.05) is 16.7 Å². The zero-order valence-corrected chi connectivity index (χ0v) is 12.7. The smallest absolute Gasteiger partial charge is 0.0267 e. The molecule has 0 saturated carbocycles. The summed E-state index contributed by atoms with van der Waals surface area (Å²) in [5.41, 5.74) is 6.22. The maximum Gasteiger partial charge on any atom is 0.0267 e. The molecule has 2 rings (SSSR count). The second-order valence-corrected chi connectivity index (χ2v) is 4.90. The highest BCUT2D eigenvalue weighted by Crippen LogP contribution is 2.07. The molecule has 0 bridgehead atoms. The van der Waals surface area contributed by atoms with Gasteiger partial charge in [0.05, 0.1) is 0 Å². The van der Waals surface area contributed by atoms with Gasteiger partial charge in [-0.05, 0) is 39.0 Å². The van der Waals surface area contributed by atoms with Gasteiger partial charge in [0.2, 0.25) is 0 Å². The predicted octanol–water partition coefficient (Wildman–Crippen LogP) is 4.24. The molecule has 0 spiro atoms. The number of terminal acetylenes is 3. The summed E-state index contributed by atoms with van der Waals surface area (Å²) in [6.45, 7) is 6.38. The SMILES string of the molecule is C#Cc1cc(C#C)cc(C#C)c1.Cc1cc(C)cc(C)c1. The molecule has 2 aromatic rings. The van der Waals surface area contributed by atoms with Crippen LogP contribution in [0.25, 0.3) is 0 Å². The van der Waals surface area contributed by atoms with Crippen molar-refractivity contribution in [1.29, 1.82) is 0 Å². The summed E-state index contributed by atoms with van der Waals surface area (Å²) >= 11 is 0. The average Bonchev–Trinajstić information content (AvgIpc) is 2.45. The third kappa shape index (κ3) is 5.32. The third-order valence-corrected chi connectivity index (χ3v) is 2.80. The molecule has 2 aromatic carbocycles. The van der Waals surface area contributed by atoms with Gasteiger partial charge in [-0.1, -0.05) is 52.7 Å². The molecule has 21 heavy (non-hydrogen) atoms. The van der Waals surface area contributed by atoms with Crippen LogP contribution in [0.5, 0.6) is 0 Å². The summed E-state index contributed by atoms with van der Waals surface area (Å²) in [5.74, 6) is 7.46. The van der Waals surface area contributed by atoms with Crippen LogP contribution in [0.1, 0.15) is 33.4 Å². The van der Waals surface area contributed by atoms with E-state index >= 15 is 0 Å². The Morgan fingerprint density at radius 2 is 0.762 bits per heavy atom. The van der Waals surface area contributed by atoms with Crippen molar-refractivity contribution in [3.05, 3.63) is 69.8 Å². The minimum absolute atomic E-state index is 0.721. The fraction of sp³-hybridized carbons (Fsp3) is 0.143. The van der Waals surface area contributed by atoms with E-state index in [4.69, 9.17) is 19.3 Å². The highest BCUT2D eigenvalue weighted by Gasteiger charge is 1.94. The van der Waals surface area contributed by atoms with Crippen LogP contribution >= 0.6 is 0 Å². The molecule has 0 unspecified atom stereocenters. The lowest BCUT2D eigenvalue weighted by molar-refractivity contribution is 1.32. The quantitative estimate of drug-likeness (QED) is 0.628. The molecule has 0 heterocycles. The van der Waals surface area contributed by atoms with Gasteiger partial charge in [-0.2, -0.15) is 0 Å². The minimum Gasteiger partial charge on any atom is -0.115 e. The van der Waals surface area contributed by atoms with E-state index in [1.54, 1.807) is 18.2 Å². The van der Waals surface area contributed by atoms with E-state index in [2.05, 4.69) is 56.7 Å². The van der Waals surface area contributed by atoms with Crippen molar-refractivity contribution in [3.63, 3.8) is 0 Å². The van der Waals surface area contributed by atoms with Gasteiger partial charge in [0.25, 0.3) is 0 Å². The summed E-state index contributed by atoms with van der Waals surface area (Å²) in [4.78, 5) is 0. The van der Waals surface area contributed by atoms with Crippen molar-refractivity contribution in [2.75, 3.05) is 0 Å². The molecule has 0 aliphatic heterocycles. The Morgan fingerprint density at radius 1 is 0.524 bits per heavy atom. The Morgan fingerprint density at radius 3 is 0.952 bits per heavy atom. The Labute approximate surface area is 128 Å². The summed E-state index contributed by atoms with van der Waals surface area (Å²) in [5, 5.41) is 0. The van der Waals surface area contributed by atoms with Crippen molar-refractivity contribution < 1.29 is 0 Å². The molecule has 102 valence electrons. The van der Waals surface area contributed by atoms with Crippen LogP contribution < -0.4 is 0 Å². The van der Waals surface area contributed by atoms with Crippen LogP contribution in [-0.4, -0.2) is 0 Å². The average molecular weight is 270 g/mol. The second-order valence-electron chi connectivity index (χ2n) is 4.90. The number of hydrogen-bond donors (Lipinski definition) is 0. The van der Waals surface area contributed by atoms with Gasteiger partial charge in [0.15, 0.2) is 0 Å². The van der Waals surface area contributed by atoms with Gasteiger partial charge in [-0.15, -0.1) is 19.3 Å². The van der Waals surface area contributed by atoms with Gasteiger partial charge in [-0.3, -0.25) is 0 Å². The van der Waals surface area contributed by atoms with E-state index in [0.717, 1.165) is 16.7 Å². The molecule has 0 fully saturated rings. The first-order valence-electron chi connectivity index (χ1n) is 6.58. The summed E-state index contributed by atoms with van der Waals surface area (Å²) in [6, 6.07) is 11.8. The van der Waals surface area contributed by atoms with Crippen LogP contribution in [-0.2, 0) is 0 Å². The van der Waals surface area contributed by atoms with E-state index in [0.29, 0.717) is 0 Å². The maximum atomic E-state index is 5.21. The number of benzene rings is 2. The largest absolute Gasteiger partial charge is 0.115 e. The van der Waals surface area contributed by atoms with E-state index in [1.807, 2.05) is 0 Å². The lowest BCUT2D eigenvalue weighted by Gasteiger charge is -1.96. The van der Waals surface area contributed by atoms with Crippen molar-refractivity contribution in [3.8, 4) is 37.0 Å². The lowest BCUT2D eigenvalue weighted by atomic mass is 10.1. The zero-order valence-electron chi connectivity index (χ0n) is 12.7. The normalized spacial score (nSPS) is 8.57. The summed E-state index contributed by atoms with van der Waals surface area (Å²) in [6.07, 6.45) is 15.6. The second kappa shape index (κ2) is 7.65. The van der Waals surface area contributed by atoms with E-state index in [1.165, 1.54) is 16.7 Å². The van der Waals surface area contributed by atoms with Crippen molar-refractivity contribution in [2.45, 2.75) is 20.8 Å². The van der Waals surface area contributed by atoms with Gasteiger partial charge < -0.3 is 0 Å². The zero-order chi connectivity index (χ0) is 15.8. The molecular weight excluding hydrogens is 252 g/mol. The molecule has 0 amide bonds.